The second kappa shape index (κ2) is 10.7. The Morgan fingerprint density at radius 2 is 2.13 bits per heavy atom. The van der Waals surface area contributed by atoms with Crippen LogP contribution in [0.1, 0.15) is 28.9 Å². The lowest BCUT2D eigenvalue weighted by Gasteiger charge is -2.25. The largest absolute Gasteiger partial charge is 0.493 e. The van der Waals surface area contributed by atoms with Gasteiger partial charge in [-0.3, -0.25) is 14.7 Å². The van der Waals surface area contributed by atoms with E-state index in [2.05, 4.69) is 20.6 Å². The van der Waals surface area contributed by atoms with Gasteiger partial charge in [0.05, 0.1) is 47.5 Å². The third-order valence-electron chi connectivity index (χ3n) is 6.76. The lowest BCUT2D eigenvalue weighted by molar-refractivity contribution is -0.148. The number of anilines is 2. The van der Waals surface area contributed by atoms with Gasteiger partial charge >= 0.3 is 6.18 Å². The van der Waals surface area contributed by atoms with E-state index in [9.17, 15) is 18.0 Å². The van der Waals surface area contributed by atoms with E-state index in [-0.39, 0.29) is 18.6 Å². The smallest absolute Gasteiger partial charge is 0.401 e. The average Bonchev–Trinajstić information content (AvgIpc) is 3.46. The summed E-state index contributed by atoms with van der Waals surface area (Å²) < 4.78 is 50.6. The molecule has 3 N–H and O–H groups in total. The molecule has 1 unspecified atom stereocenters. The molecule has 4 heterocycles. The van der Waals surface area contributed by atoms with Crippen LogP contribution in [0.5, 0.6) is 11.5 Å². The number of H-pyrrole nitrogens is 1. The molecule has 2 aromatic heterocycles. The first kappa shape index (κ1) is 26.2. The van der Waals surface area contributed by atoms with E-state index in [0.29, 0.717) is 77.1 Å². The second-order valence-corrected chi connectivity index (χ2v) is 9.65. The fraction of sp³-hybridized carbons (Fsp3) is 0.385. The van der Waals surface area contributed by atoms with Crippen LogP contribution in [0.4, 0.5) is 24.5 Å². The lowest BCUT2D eigenvalue weighted by atomic mass is 10.0. The maximum atomic E-state index is 13.0. The van der Waals surface area contributed by atoms with E-state index in [0.717, 1.165) is 5.69 Å². The number of carbonyl (C=O) groups is 1. The molecule has 3 aromatic rings. The highest BCUT2D eigenvalue weighted by Gasteiger charge is 2.36. The molecule has 2 aliphatic rings. The molecule has 1 amide bonds. The minimum absolute atomic E-state index is 0.0839. The number of amides is 1. The third-order valence-corrected chi connectivity index (χ3v) is 7.06. The van der Waals surface area contributed by atoms with Crippen molar-refractivity contribution in [3.05, 3.63) is 52.9 Å². The molecule has 38 heavy (non-hydrogen) atoms. The van der Waals surface area contributed by atoms with Crippen molar-refractivity contribution in [1.82, 2.24) is 20.2 Å². The Labute approximate surface area is 222 Å². The van der Waals surface area contributed by atoms with E-state index in [4.69, 9.17) is 21.1 Å². The zero-order chi connectivity index (χ0) is 26.9. The Balaban J connectivity index is 1.49. The van der Waals surface area contributed by atoms with E-state index in [1.807, 2.05) is 0 Å². The first-order valence-corrected chi connectivity index (χ1v) is 12.6. The predicted octanol–water partition coefficient (Wildman–Crippen LogP) is 5.17. The fourth-order valence-corrected chi connectivity index (χ4v) is 5.32. The zero-order valence-electron chi connectivity index (χ0n) is 20.6. The van der Waals surface area contributed by atoms with Gasteiger partial charge in [0.1, 0.15) is 12.4 Å². The molecule has 202 valence electrons. The van der Waals surface area contributed by atoms with Crippen LogP contribution < -0.4 is 20.1 Å². The molecule has 1 atom stereocenters. The van der Waals surface area contributed by atoms with E-state index < -0.39 is 12.7 Å². The molecule has 5 rings (SSSR count). The Morgan fingerprint density at radius 3 is 2.92 bits per heavy atom. The number of hydrogen-bond acceptors (Lipinski definition) is 6. The minimum atomic E-state index is -4.27. The number of nitrogens with zero attached hydrogens (tertiary/aromatic N) is 2. The van der Waals surface area contributed by atoms with Crippen molar-refractivity contribution in [2.24, 2.45) is 0 Å². The van der Waals surface area contributed by atoms with Crippen LogP contribution in [0.25, 0.3) is 11.3 Å². The summed E-state index contributed by atoms with van der Waals surface area (Å²) in [5, 5.41) is 6.59. The number of fused-ring (bicyclic) bond motifs is 1. The van der Waals surface area contributed by atoms with Gasteiger partial charge in [-0.2, -0.15) is 13.2 Å². The maximum absolute atomic E-state index is 13.0. The summed E-state index contributed by atoms with van der Waals surface area (Å²) in [6, 6.07) is 6.63. The Hall–Kier alpha value is -3.44. The second-order valence-electron chi connectivity index (χ2n) is 9.24. The number of rotatable bonds is 8. The Kier molecular flexibility index (Phi) is 7.40. The van der Waals surface area contributed by atoms with Crippen molar-refractivity contribution in [1.29, 1.82) is 0 Å². The molecule has 0 radical (unpaired) electrons. The van der Waals surface area contributed by atoms with Crippen LogP contribution in [0, 0.1) is 0 Å². The van der Waals surface area contributed by atoms with Gasteiger partial charge in [0.15, 0.2) is 5.75 Å². The number of para-hydroxylation sites is 1. The maximum Gasteiger partial charge on any atom is 0.401 e. The van der Waals surface area contributed by atoms with Crippen molar-refractivity contribution in [2.45, 2.75) is 31.5 Å². The average molecular weight is 550 g/mol. The van der Waals surface area contributed by atoms with Crippen LogP contribution in [-0.2, 0) is 6.42 Å². The molecule has 1 fully saturated rings. The number of nitrogens with one attached hydrogen (secondary N) is 3. The number of hydrogen-bond donors (Lipinski definition) is 3. The monoisotopic (exact) mass is 549 g/mol. The van der Waals surface area contributed by atoms with Crippen molar-refractivity contribution in [3.63, 3.8) is 0 Å². The van der Waals surface area contributed by atoms with Crippen molar-refractivity contribution in [3.8, 4) is 22.8 Å². The summed E-state index contributed by atoms with van der Waals surface area (Å²) in [5.74, 6) is 0.581. The number of halogens is 4. The number of benzene rings is 1. The molecule has 0 spiro atoms. The van der Waals surface area contributed by atoms with Crippen LogP contribution in [0.3, 0.4) is 0 Å². The molecule has 12 heteroatoms. The summed E-state index contributed by atoms with van der Waals surface area (Å²) in [4.78, 5) is 21.9. The summed E-state index contributed by atoms with van der Waals surface area (Å²) in [6.45, 7) is -0.0148. The van der Waals surface area contributed by atoms with E-state index >= 15 is 0 Å². The van der Waals surface area contributed by atoms with Crippen LogP contribution in [0.2, 0.25) is 5.02 Å². The standard InChI is InChI=1S/C26H27ClF3N5O3/c1-37-24-17(27)5-2-6-19(24)34-23-21-18(8-10-32-25(21)36)33-22(23)16-7-9-31-12-20(16)38-13-15-4-3-11-35(15)14-26(28,29)30/h2,5-7,9,12,15,33-34H,3-4,8,10-11,13-14H2,1H3,(H,32,36). The number of methoxy groups -OCH3 is 1. The van der Waals surface area contributed by atoms with Crippen molar-refractivity contribution < 1.29 is 27.4 Å². The number of pyridine rings is 1. The topological polar surface area (TPSA) is 91.5 Å². The van der Waals surface area contributed by atoms with Gasteiger partial charge in [0.25, 0.3) is 5.91 Å². The molecular weight excluding hydrogens is 523 g/mol. The SMILES string of the molecule is COc1c(Cl)cccc1Nc1c(-c2ccncc2OCC2CCCN2CC(F)(F)F)[nH]c2c1C(=O)NCC2. The molecule has 1 saturated heterocycles. The summed E-state index contributed by atoms with van der Waals surface area (Å²) >= 11 is 6.32. The number of alkyl halides is 3. The van der Waals surface area contributed by atoms with Crippen molar-refractivity contribution in [2.75, 3.05) is 38.7 Å². The number of aromatic amines is 1. The van der Waals surface area contributed by atoms with Crippen molar-refractivity contribution >= 4 is 28.9 Å². The summed E-state index contributed by atoms with van der Waals surface area (Å²) in [7, 11) is 1.51. The van der Waals surface area contributed by atoms with Gasteiger partial charge in [0.2, 0.25) is 0 Å². The number of likely N-dealkylation sites (tertiary alicyclic amines) is 1. The van der Waals surface area contributed by atoms with Crippen LogP contribution >= 0.6 is 11.6 Å². The predicted molar refractivity (Wildman–Crippen MR) is 137 cm³/mol. The highest BCUT2D eigenvalue weighted by atomic mass is 35.5. The van der Waals surface area contributed by atoms with Gasteiger partial charge < -0.3 is 25.1 Å². The number of aromatic nitrogens is 2. The van der Waals surface area contributed by atoms with E-state index in [1.165, 1.54) is 18.2 Å². The zero-order valence-corrected chi connectivity index (χ0v) is 21.4. The lowest BCUT2D eigenvalue weighted by Crippen LogP contribution is -2.40. The molecule has 1 aromatic carbocycles. The Bertz CT molecular complexity index is 1330. The van der Waals surface area contributed by atoms with Gasteiger partial charge in [-0.15, -0.1) is 0 Å². The molecule has 8 nitrogen and oxygen atoms in total. The molecule has 0 bridgehead atoms. The molecule has 0 aliphatic carbocycles. The molecular formula is C26H27ClF3N5O3. The summed E-state index contributed by atoms with van der Waals surface area (Å²) in [5.41, 5.74) is 3.49. The molecule has 2 aliphatic heterocycles. The fourth-order valence-electron chi connectivity index (χ4n) is 5.07. The highest BCUT2D eigenvalue weighted by Crippen LogP contribution is 2.43. The van der Waals surface area contributed by atoms with Gasteiger partial charge in [-0.1, -0.05) is 17.7 Å². The number of carbonyl (C=O) groups excluding carboxylic acids is 1. The normalized spacial score (nSPS) is 17.7. The molecule has 0 saturated carbocycles. The Morgan fingerprint density at radius 1 is 1.29 bits per heavy atom. The van der Waals surface area contributed by atoms with Gasteiger partial charge in [0, 0.05) is 36.5 Å². The van der Waals surface area contributed by atoms with Crippen LogP contribution in [0.15, 0.2) is 36.7 Å². The first-order chi connectivity index (χ1) is 18.2. The highest BCUT2D eigenvalue weighted by molar-refractivity contribution is 6.32. The van der Waals surface area contributed by atoms with Crippen LogP contribution in [-0.4, -0.2) is 66.3 Å². The first-order valence-electron chi connectivity index (χ1n) is 12.3. The minimum Gasteiger partial charge on any atom is -0.493 e. The van der Waals surface area contributed by atoms with Gasteiger partial charge in [-0.05, 0) is 37.6 Å². The quantitative estimate of drug-likeness (QED) is 0.359. The summed E-state index contributed by atoms with van der Waals surface area (Å²) in [6.07, 6.45) is 0.744. The van der Waals surface area contributed by atoms with E-state index in [1.54, 1.807) is 30.5 Å². The third kappa shape index (κ3) is 5.39. The number of ether oxygens (including phenoxy) is 2. The van der Waals surface area contributed by atoms with Gasteiger partial charge in [-0.25, -0.2) is 0 Å².